The maximum absolute atomic E-state index is 5.07. The van der Waals surface area contributed by atoms with Gasteiger partial charge >= 0.3 is 0 Å². The number of methoxy groups -OCH3 is 1. The lowest BCUT2D eigenvalue weighted by atomic mass is 10.2. The Hall–Kier alpha value is -0.270. The number of nitrogens with zero attached hydrogens (tertiary/aromatic N) is 1. The Morgan fingerprint density at radius 1 is 1.47 bits per heavy atom. The van der Waals surface area contributed by atoms with Crippen LogP contribution < -0.4 is 5.32 Å². The maximum Gasteiger partial charge on any atom is 0.115 e. The average Bonchev–Trinajstić information content (AvgIpc) is 2.96. The molecule has 0 radical (unpaired) electrons. The van der Waals surface area contributed by atoms with Crippen molar-refractivity contribution in [1.29, 1.82) is 0 Å². The first-order chi connectivity index (χ1) is 8.33. The molecule has 2 aromatic rings. The summed E-state index contributed by atoms with van der Waals surface area (Å²) < 4.78 is 6.20. The molecule has 0 saturated carbocycles. The zero-order valence-corrected chi connectivity index (χ0v) is 12.6. The van der Waals surface area contributed by atoms with Crippen LogP contribution in [0.25, 0.3) is 0 Å². The van der Waals surface area contributed by atoms with Gasteiger partial charge in [-0.1, -0.05) is 0 Å². The van der Waals surface area contributed by atoms with Gasteiger partial charge in [0.2, 0.25) is 0 Å². The molecule has 2 heterocycles. The SMILES string of the molecule is COCCNC(c1nccs1)c1sccc1Br. The topological polar surface area (TPSA) is 34.1 Å². The molecule has 0 aliphatic carbocycles. The van der Waals surface area contributed by atoms with Gasteiger partial charge in [-0.15, -0.1) is 22.7 Å². The standard InChI is InChI=1S/C11H13BrN2OS2/c1-15-5-3-13-9(11-14-4-7-17-11)10-8(12)2-6-16-10/h2,4,6-7,9,13H,3,5H2,1H3. The van der Waals surface area contributed by atoms with Crippen molar-refractivity contribution in [2.75, 3.05) is 20.3 Å². The minimum absolute atomic E-state index is 0.152. The van der Waals surface area contributed by atoms with E-state index in [9.17, 15) is 0 Å². The molecule has 0 aromatic carbocycles. The maximum atomic E-state index is 5.07. The summed E-state index contributed by atoms with van der Waals surface area (Å²) in [4.78, 5) is 5.65. The van der Waals surface area contributed by atoms with Gasteiger partial charge < -0.3 is 10.1 Å². The van der Waals surface area contributed by atoms with Crippen LogP contribution in [0.1, 0.15) is 15.9 Å². The van der Waals surface area contributed by atoms with Crippen LogP contribution in [0.5, 0.6) is 0 Å². The number of aromatic nitrogens is 1. The minimum atomic E-state index is 0.152. The lowest BCUT2D eigenvalue weighted by Crippen LogP contribution is -2.25. The monoisotopic (exact) mass is 332 g/mol. The molecule has 1 N–H and O–H groups in total. The van der Waals surface area contributed by atoms with Crippen molar-refractivity contribution in [1.82, 2.24) is 10.3 Å². The van der Waals surface area contributed by atoms with E-state index in [2.05, 4.69) is 37.7 Å². The third kappa shape index (κ3) is 3.35. The van der Waals surface area contributed by atoms with E-state index >= 15 is 0 Å². The van der Waals surface area contributed by atoms with Crippen LogP contribution >= 0.6 is 38.6 Å². The highest BCUT2D eigenvalue weighted by atomic mass is 79.9. The van der Waals surface area contributed by atoms with Gasteiger partial charge in [0, 0.05) is 34.6 Å². The van der Waals surface area contributed by atoms with E-state index in [0.717, 1.165) is 16.0 Å². The van der Waals surface area contributed by atoms with Gasteiger partial charge in [0.05, 0.1) is 12.6 Å². The van der Waals surface area contributed by atoms with Crippen molar-refractivity contribution in [3.05, 3.63) is 37.4 Å². The molecular formula is C11H13BrN2OS2. The normalized spacial score (nSPS) is 12.8. The van der Waals surface area contributed by atoms with E-state index in [-0.39, 0.29) is 6.04 Å². The van der Waals surface area contributed by atoms with Gasteiger partial charge in [-0.3, -0.25) is 0 Å². The lowest BCUT2D eigenvalue weighted by molar-refractivity contribution is 0.197. The zero-order valence-electron chi connectivity index (χ0n) is 9.35. The Labute approximate surface area is 117 Å². The van der Waals surface area contributed by atoms with Crippen LogP contribution in [0.15, 0.2) is 27.5 Å². The number of rotatable bonds is 6. The predicted octanol–water partition coefficient (Wildman–Crippen LogP) is 3.29. The fourth-order valence-corrected chi connectivity index (χ4v) is 3.96. The van der Waals surface area contributed by atoms with E-state index in [4.69, 9.17) is 4.74 Å². The number of nitrogens with one attached hydrogen (secondary N) is 1. The third-order valence-electron chi connectivity index (χ3n) is 2.26. The second-order valence-electron chi connectivity index (χ2n) is 3.38. The Morgan fingerprint density at radius 2 is 2.35 bits per heavy atom. The first-order valence-electron chi connectivity index (χ1n) is 5.17. The molecule has 0 spiro atoms. The second kappa shape index (κ2) is 6.61. The molecule has 2 rings (SSSR count). The van der Waals surface area contributed by atoms with Crippen molar-refractivity contribution < 1.29 is 4.74 Å². The molecular weight excluding hydrogens is 320 g/mol. The molecule has 0 saturated heterocycles. The summed E-state index contributed by atoms with van der Waals surface area (Å²) in [5, 5.41) is 8.64. The number of hydrogen-bond acceptors (Lipinski definition) is 5. The summed E-state index contributed by atoms with van der Waals surface area (Å²) in [6.45, 7) is 1.51. The summed E-state index contributed by atoms with van der Waals surface area (Å²) in [5.74, 6) is 0. The van der Waals surface area contributed by atoms with Crippen LogP contribution in [0.3, 0.4) is 0 Å². The minimum Gasteiger partial charge on any atom is -0.383 e. The molecule has 1 unspecified atom stereocenters. The molecule has 0 aliphatic rings. The molecule has 3 nitrogen and oxygen atoms in total. The highest BCUT2D eigenvalue weighted by Crippen LogP contribution is 2.33. The molecule has 0 fully saturated rings. The summed E-state index contributed by atoms with van der Waals surface area (Å²) in [6.07, 6.45) is 1.84. The van der Waals surface area contributed by atoms with Gasteiger partial charge in [-0.2, -0.15) is 0 Å². The average molecular weight is 333 g/mol. The van der Waals surface area contributed by atoms with Crippen molar-refractivity contribution in [2.24, 2.45) is 0 Å². The van der Waals surface area contributed by atoms with Crippen molar-refractivity contribution in [2.45, 2.75) is 6.04 Å². The Kier molecular flexibility index (Phi) is 5.12. The Balaban J connectivity index is 2.16. The fraction of sp³-hybridized carbons (Fsp3) is 0.364. The molecule has 2 aromatic heterocycles. The molecule has 0 aliphatic heterocycles. The summed E-state index contributed by atoms with van der Waals surface area (Å²) in [5.41, 5.74) is 0. The molecule has 6 heteroatoms. The fourth-order valence-electron chi connectivity index (χ4n) is 1.49. The van der Waals surface area contributed by atoms with E-state index in [1.54, 1.807) is 29.8 Å². The number of thiazole rings is 1. The van der Waals surface area contributed by atoms with Crippen molar-refractivity contribution >= 4 is 38.6 Å². The van der Waals surface area contributed by atoms with Gasteiger partial charge in [-0.05, 0) is 27.4 Å². The van der Waals surface area contributed by atoms with Crippen molar-refractivity contribution in [3.8, 4) is 0 Å². The van der Waals surface area contributed by atoms with Gasteiger partial charge in [0.15, 0.2) is 0 Å². The van der Waals surface area contributed by atoms with Gasteiger partial charge in [0.1, 0.15) is 5.01 Å². The van der Waals surface area contributed by atoms with E-state index in [1.165, 1.54) is 4.88 Å². The second-order valence-corrected chi connectivity index (χ2v) is 6.11. The zero-order chi connectivity index (χ0) is 12.1. The summed E-state index contributed by atoms with van der Waals surface area (Å²) in [6, 6.07) is 2.22. The first-order valence-corrected chi connectivity index (χ1v) is 7.72. The van der Waals surface area contributed by atoms with E-state index in [1.807, 2.05) is 11.6 Å². The van der Waals surface area contributed by atoms with Gasteiger partial charge in [0.25, 0.3) is 0 Å². The Bertz CT molecular complexity index is 444. The molecule has 1 atom stereocenters. The number of hydrogen-bond donors (Lipinski definition) is 1. The smallest absolute Gasteiger partial charge is 0.115 e. The quantitative estimate of drug-likeness (QED) is 0.824. The van der Waals surface area contributed by atoms with Crippen LogP contribution in [0, 0.1) is 0 Å². The first kappa shape index (κ1) is 13.2. The molecule has 17 heavy (non-hydrogen) atoms. The number of halogens is 1. The van der Waals surface area contributed by atoms with E-state index in [0.29, 0.717) is 6.61 Å². The summed E-state index contributed by atoms with van der Waals surface area (Å²) >= 11 is 6.98. The number of thiophene rings is 1. The molecule has 92 valence electrons. The van der Waals surface area contributed by atoms with Crippen LogP contribution in [0.2, 0.25) is 0 Å². The van der Waals surface area contributed by atoms with Crippen molar-refractivity contribution in [3.63, 3.8) is 0 Å². The van der Waals surface area contributed by atoms with Crippen LogP contribution in [0.4, 0.5) is 0 Å². The van der Waals surface area contributed by atoms with Gasteiger partial charge in [-0.25, -0.2) is 4.98 Å². The van der Waals surface area contributed by atoms with Crippen LogP contribution in [-0.2, 0) is 4.74 Å². The highest BCUT2D eigenvalue weighted by molar-refractivity contribution is 9.10. The number of ether oxygens (including phenoxy) is 1. The molecule has 0 amide bonds. The van der Waals surface area contributed by atoms with E-state index < -0.39 is 0 Å². The van der Waals surface area contributed by atoms with Crippen LogP contribution in [-0.4, -0.2) is 25.2 Å². The third-order valence-corrected chi connectivity index (χ3v) is 5.04. The highest BCUT2D eigenvalue weighted by Gasteiger charge is 2.19. The predicted molar refractivity (Wildman–Crippen MR) is 75.9 cm³/mol. The largest absolute Gasteiger partial charge is 0.383 e. The molecule has 0 bridgehead atoms. The lowest BCUT2D eigenvalue weighted by Gasteiger charge is -2.15. The Morgan fingerprint density at radius 3 is 2.94 bits per heavy atom. The summed E-state index contributed by atoms with van der Waals surface area (Å²) in [7, 11) is 1.71.